The summed E-state index contributed by atoms with van der Waals surface area (Å²) < 4.78 is 6.05. The summed E-state index contributed by atoms with van der Waals surface area (Å²) in [6, 6.07) is 25.7. The minimum atomic E-state index is -0.818. The number of benzene rings is 4. The highest BCUT2D eigenvalue weighted by atomic mass is 79.9. The molecule has 1 aliphatic heterocycles. The molecule has 0 unspecified atom stereocenters. The van der Waals surface area contributed by atoms with Crippen LogP contribution in [0, 0.1) is 18.8 Å². The van der Waals surface area contributed by atoms with E-state index in [-0.39, 0.29) is 34.9 Å². The van der Waals surface area contributed by atoms with Crippen molar-refractivity contribution in [2.75, 3.05) is 16.8 Å². The fourth-order valence-electron chi connectivity index (χ4n) is 6.93. The molecule has 0 saturated carbocycles. The van der Waals surface area contributed by atoms with Gasteiger partial charge in [0.2, 0.25) is 11.8 Å². The van der Waals surface area contributed by atoms with Crippen molar-refractivity contribution in [1.29, 1.82) is 0 Å². The fraction of sp³-hybridized carbons (Fsp3) is 0.176. The van der Waals surface area contributed by atoms with Crippen LogP contribution in [0.1, 0.15) is 50.0 Å². The molecular weight excluding hydrogens is 632 g/mol. The monoisotopic (exact) mass is 654 g/mol. The smallest absolute Gasteiger partial charge is 0.340 e. The molecule has 4 aliphatic rings. The first kappa shape index (κ1) is 27.6. The first-order valence-electron chi connectivity index (χ1n) is 13.8. The molecule has 0 radical (unpaired) electrons. The van der Waals surface area contributed by atoms with E-state index < -0.39 is 30.3 Å². The lowest BCUT2D eigenvalue weighted by Gasteiger charge is -2.45. The number of esters is 1. The van der Waals surface area contributed by atoms with Crippen molar-refractivity contribution in [2.45, 2.75) is 18.8 Å². The van der Waals surface area contributed by atoms with E-state index >= 15 is 0 Å². The molecule has 7 nitrogen and oxygen atoms in total. The molecule has 2 bridgehead atoms. The molecule has 1 saturated heterocycles. The van der Waals surface area contributed by atoms with Gasteiger partial charge in [-0.15, -0.1) is 0 Å². The molecule has 4 aromatic rings. The minimum absolute atomic E-state index is 0.0286. The maximum absolute atomic E-state index is 14.2. The number of aryl methyl sites for hydroxylation is 1. The maximum Gasteiger partial charge on any atom is 0.340 e. The maximum atomic E-state index is 14.2. The van der Waals surface area contributed by atoms with E-state index in [0.717, 1.165) is 32.7 Å². The number of ether oxygens (including phenoxy) is 1. The molecular formula is C34H24BrClN2O5. The highest BCUT2D eigenvalue weighted by molar-refractivity contribution is 9.10. The summed E-state index contributed by atoms with van der Waals surface area (Å²) in [5, 5.41) is 3.12. The Balaban J connectivity index is 1.16. The van der Waals surface area contributed by atoms with Crippen LogP contribution >= 0.6 is 27.5 Å². The number of anilines is 2. The SMILES string of the molecule is Cc1cc(Br)c(Cl)cc1NC(=O)COC(=O)c1ccccc1N1C(=O)[C@@H]2C3c4ccccc4C(c4ccccc43)[C@H]2C1=O. The Kier molecular flexibility index (Phi) is 6.71. The number of nitrogens with zero attached hydrogens (tertiary/aromatic N) is 1. The Bertz CT molecular complexity index is 1760. The van der Waals surface area contributed by atoms with E-state index in [1.807, 2.05) is 55.5 Å². The number of rotatable bonds is 5. The van der Waals surface area contributed by atoms with Crippen molar-refractivity contribution in [3.8, 4) is 0 Å². The summed E-state index contributed by atoms with van der Waals surface area (Å²) >= 11 is 9.50. The number of amides is 3. The number of halogens is 2. The predicted molar refractivity (Wildman–Crippen MR) is 165 cm³/mol. The molecule has 3 aliphatic carbocycles. The standard InChI is InChI=1S/C34H24BrClN2O5/c1-17-14-23(35)24(36)15-25(17)37-27(39)16-43-34(42)22-12-6-7-13-26(22)38-32(40)30-28-18-8-2-3-9-19(18)29(31(30)33(38)41)21-11-5-4-10-20(21)28/h2-15,28-31H,16H2,1H3,(H,37,39)/t28?,29?,30-,31-/m1/s1. The molecule has 43 heavy (non-hydrogen) atoms. The largest absolute Gasteiger partial charge is 0.452 e. The average molecular weight is 656 g/mol. The topological polar surface area (TPSA) is 92.8 Å². The normalized spacial score (nSPS) is 21.2. The third-order valence-corrected chi connectivity index (χ3v) is 9.89. The summed E-state index contributed by atoms with van der Waals surface area (Å²) in [6.07, 6.45) is 0. The highest BCUT2D eigenvalue weighted by Gasteiger charge is 2.62. The van der Waals surface area contributed by atoms with E-state index in [1.54, 1.807) is 30.3 Å². The van der Waals surface area contributed by atoms with Gasteiger partial charge in [-0.05, 0) is 74.9 Å². The van der Waals surface area contributed by atoms with Crippen LogP contribution in [-0.4, -0.2) is 30.3 Å². The first-order chi connectivity index (χ1) is 20.8. The zero-order valence-electron chi connectivity index (χ0n) is 22.8. The predicted octanol–water partition coefficient (Wildman–Crippen LogP) is 6.60. The van der Waals surface area contributed by atoms with Crippen molar-refractivity contribution in [3.63, 3.8) is 0 Å². The molecule has 3 amide bonds. The second-order valence-corrected chi connectivity index (χ2v) is 12.3. The van der Waals surface area contributed by atoms with Crippen LogP contribution in [0.2, 0.25) is 5.02 Å². The molecule has 2 atom stereocenters. The summed E-state index contributed by atoms with van der Waals surface area (Å²) in [7, 11) is 0. The van der Waals surface area contributed by atoms with Crippen molar-refractivity contribution in [3.05, 3.63) is 128 Å². The fourth-order valence-corrected chi connectivity index (χ4v) is 7.55. The van der Waals surface area contributed by atoms with Crippen molar-refractivity contribution in [2.24, 2.45) is 11.8 Å². The second kappa shape index (κ2) is 10.5. The molecule has 8 rings (SSSR count). The van der Waals surface area contributed by atoms with Gasteiger partial charge in [0.1, 0.15) is 0 Å². The molecule has 1 fully saturated rings. The van der Waals surface area contributed by atoms with Crippen LogP contribution in [0.3, 0.4) is 0 Å². The quantitative estimate of drug-likeness (QED) is 0.193. The third kappa shape index (κ3) is 4.31. The molecule has 0 spiro atoms. The summed E-state index contributed by atoms with van der Waals surface area (Å²) in [4.78, 5) is 55.4. The summed E-state index contributed by atoms with van der Waals surface area (Å²) in [5.41, 5.74) is 5.70. The van der Waals surface area contributed by atoms with Gasteiger partial charge < -0.3 is 10.1 Å². The van der Waals surface area contributed by atoms with E-state index in [0.29, 0.717) is 15.2 Å². The first-order valence-corrected chi connectivity index (χ1v) is 15.0. The van der Waals surface area contributed by atoms with Crippen LogP contribution in [0.5, 0.6) is 0 Å². The molecule has 1 N–H and O–H groups in total. The van der Waals surface area contributed by atoms with Crippen LogP contribution in [-0.2, 0) is 19.1 Å². The van der Waals surface area contributed by atoms with Gasteiger partial charge in [0.25, 0.3) is 5.91 Å². The Labute approximate surface area is 260 Å². The van der Waals surface area contributed by atoms with E-state index in [2.05, 4.69) is 21.2 Å². The van der Waals surface area contributed by atoms with Gasteiger partial charge in [0.15, 0.2) is 6.61 Å². The van der Waals surface area contributed by atoms with Gasteiger partial charge in [-0.1, -0.05) is 72.3 Å². The number of imide groups is 1. The number of hydrogen-bond donors (Lipinski definition) is 1. The number of para-hydroxylation sites is 1. The molecule has 0 aromatic heterocycles. The van der Waals surface area contributed by atoms with Gasteiger partial charge >= 0.3 is 5.97 Å². The summed E-state index contributed by atoms with van der Waals surface area (Å²) in [6.45, 7) is 1.24. The minimum Gasteiger partial charge on any atom is -0.452 e. The van der Waals surface area contributed by atoms with Crippen molar-refractivity contribution in [1.82, 2.24) is 0 Å². The van der Waals surface area contributed by atoms with Crippen LogP contribution in [0.15, 0.2) is 89.4 Å². The molecule has 4 aromatic carbocycles. The zero-order valence-corrected chi connectivity index (χ0v) is 25.2. The van der Waals surface area contributed by atoms with Crippen LogP contribution < -0.4 is 10.2 Å². The number of carbonyl (C=O) groups excluding carboxylic acids is 4. The van der Waals surface area contributed by atoms with Gasteiger partial charge in [-0.25, -0.2) is 9.69 Å². The van der Waals surface area contributed by atoms with Gasteiger partial charge in [-0.3, -0.25) is 14.4 Å². The van der Waals surface area contributed by atoms with Gasteiger partial charge in [0.05, 0.1) is 28.1 Å². The van der Waals surface area contributed by atoms with Gasteiger partial charge in [-0.2, -0.15) is 0 Å². The molecule has 9 heteroatoms. The second-order valence-electron chi connectivity index (χ2n) is 11.0. The van der Waals surface area contributed by atoms with E-state index in [9.17, 15) is 19.2 Å². The summed E-state index contributed by atoms with van der Waals surface area (Å²) in [5.74, 6) is -3.75. The van der Waals surface area contributed by atoms with Crippen LogP contribution in [0.25, 0.3) is 0 Å². The number of hydrogen-bond acceptors (Lipinski definition) is 5. The Hall–Kier alpha value is -4.27. The Morgan fingerprint density at radius 1 is 0.837 bits per heavy atom. The van der Waals surface area contributed by atoms with E-state index in [1.165, 1.54) is 6.07 Å². The third-order valence-electron chi connectivity index (χ3n) is 8.69. The van der Waals surface area contributed by atoms with E-state index in [4.69, 9.17) is 16.3 Å². The number of carbonyl (C=O) groups is 4. The lowest BCUT2D eigenvalue weighted by atomic mass is 9.55. The van der Waals surface area contributed by atoms with Crippen molar-refractivity contribution < 1.29 is 23.9 Å². The molecule has 1 heterocycles. The zero-order chi connectivity index (χ0) is 30.0. The lowest BCUT2D eigenvalue weighted by molar-refractivity contribution is -0.122. The van der Waals surface area contributed by atoms with Crippen molar-refractivity contribution >= 4 is 62.6 Å². The highest BCUT2D eigenvalue weighted by Crippen LogP contribution is 2.61. The van der Waals surface area contributed by atoms with Gasteiger partial charge in [0, 0.05) is 22.0 Å². The number of nitrogens with one attached hydrogen (secondary N) is 1. The lowest BCUT2D eigenvalue weighted by Crippen LogP contribution is -2.41. The Morgan fingerprint density at radius 3 is 1.91 bits per heavy atom. The van der Waals surface area contributed by atoms with Crippen LogP contribution in [0.4, 0.5) is 11.4 Å². The molecule has 214 valence electrons. The average Bonchev–Trinajstić information content (AvgIpc) is 3.28. The Morgan fingerprint density at radius 2 is 1.35 bits per heavy atom.